The molecule has 1 amide bonds. The minimum Gasteiger partial charge on any atom is -0.315 e. The molecule has 146 valence electrons. The van der Waals surface area contributed by atoms with Crippen LogP contribution >= 0.6 is 11.8 Å². The maximum absolute atomic E-state index is 12.9. The molecule has 2 aromatic carbocycles. The van der Waals surface area contributed by atoms with Crippen LogP contribution in [0.4, 0.5) is 5.69 Å². The Morgan fingerprint density at radius 3 is 2.57 bits per heavy atom. The fourth-order valence-electron chi connectivity index (χ4n) is 3.06. The lowest BCUT2D eigenvalue weighted by molar-refractivity contribution is -0.117. The largest absolute Gasteiger partial charge is 0.315 e. The van der Waals surface area contributed by atoms with Crippen LogP contribution < -0.4 is 4.90 Å². The zero-order valence-corrected chi connectivity index (χ0v) is 17.6. The van der Waals surface area contributed by atoms with Gasteiger partial charge in [-0.1, -0.05) is 60.6 Å². The number of nitrogens with zero attached hydrogens (tertiary/aromatic N) is 4. The summed E-state index contributed by atoms with van der Waals surface area (Å²) in [5, 5.41) is 9.34. The number of carbonyl (C=O) groups excluding carboxylic acids is 1. The van der Waals surface area contributed by atoms with Crippen molar-refractivity contribution in [1.82, 2.24) is 14.8 Å². The second-order valence-electron chi connectivity index (χ2n) is 6.82. The fourth-order valence-corrected chi connectivity index (χ4v) is 4.03. The molecule has 6 heteroatoms. The third-order valence-electron chi connectivity index (χ3n) is 4.54. The van der Waals surface area contributed by atoms with Gasteiger partial charge in [-0.2, -0.15) is 0 Å². The van der Waals surface area contributed by atoms with Crippen LogP contribution in [0.3, 0.4) is 0 Å². The predicted octanol–water partition coefficient (Wildman–Crippen LogP) is 4.81. The van der Waals surface area contributed by atoms with Crippen LogP contribution in [0, 0.1) is 6.92 Å². The molecule has 5 nitrogen and oxygen atoms in total. The van der Waals surface area contributed by atoms with E-state index in [-0.39, 0.29) is 11.2 Å². The van der Waals surface area contributed by atoms with Gasteiger partial charge in [-0.15, -0.1) is 10.2 Å². The van der Waals surface area contributed by atoms with Crippen LogP contribution in [0.5, 0.6) is 0 Å². The van der Waals surface area contributed by atoms with E-state index in [1.54, 1.807) is 4.90 Å². The van der Waals surface area contributed by atoms with Gasteiger partial charge in [0.25, 0.3) is 0 Å². The molecule has 0 saturated heterocycles. The summed E-state index contributed by atoms with van der Waals surface area (Å²) in [5.41, 5.74) is 3.12. The number of hydrogen-bond acceptors (Lipinski definition) is 4. The van der Waals surface area contributed by atoms with Crippen molar-refractivity contribution >= 4 is 23.4 Å². The highest BCUT2D eigenvalue weighted by Crippen LogP contribution is 2.29. The highest BCUT2D eigenvalue weighted by Gasteiger charge is 2.23. The second kappa shape index (κ2) is 9.06. The van der Waals surface area contributed by atoms with Crippen LogP contribution in [0.2, 0.25) is 0 Å². The summed E-state index contributed by atoms with van der Waals surface area (Å²) in [6, 6.07) is 17.9. The molecule has 0 N–H and O–H groups in total. The zero-order valence-electron chi connectivity index (χ0n) is 16.8. The lowest BCUT2D eigenvalue weighted by Crippen LogP contribution is -2.33. The maximum Gasteiger partial charge on any atom is 0.240 e. The molecule has 28 heavy (non-hydrogen) atoms. The molecule has 0 spiro atoms. The number of rotatable bonds is 7. The summed E-state index contributed by atoms with van der Waals surface area (Å²) in [7, 11) is 1.81. The molecule has 1 aromatic heterocycles. The Morgan fingerprint density at radius 2 is 1.89 bits per heavy atom. The number of thioether (sulfide) groups is 1. The van der Waals surface area contributed by atoms with E-state index < -0.39 is 0 Å². The molecule has 3 aromatic rings. The SMILES string of the molecule is CCCn1c(SC(C)C(=O)N(C)c2ccccc2)nnc1-c1cccc(C)c1. The number of aryl methyl sites for hydroxylation is 1. The Balaban J connectivity index is 1.82. The number of anilines is 1. The van der Waals surface area contributed by atoms with E-state index in [2.05, 4.69) is 46.8 Å². The summed E-state index contributed by atoms with van der Waals surface area (Å²) in [5.74, 6) is 0.892. The maximum atomic E-state index is 12.9. The Kier molecular flexibility index (Phi) is 6.52. The minimum atomic E-state index is -0.268. The first kappa shape index (κ1) is 20.1. The lowest BCUT2D eigenvalue weighted by Gasteiger charge is -2.21. The van der Waals surface area contributed by atoms with Crippen molar-refractivity contribution < 1.29 is 4.79 Å². The molecule has 1 heterocycles. The van der Waals surface area contributed by atoms with Gasteiger partial charge >= 0.3 is 0 Å². The smallest absolute Gasteiger partial charge is 0.240 e. The van der Waals surface area contributed by atoms with E-state index >= 15 is 0 Å². The molecule has 0 radical (unpaired) electrons. The lowest BCUT2D eigenvalue weighted by atomic mass is 10.1. The Bertz CT molecular complexity index is 939. The molecule has 0 saturated carbocycles. The van der Waals surface area contributed by atoms with Gasteiger partial charge in [0, 0.05) is 24.8 Å². The Morgan fingerprint density at radius 1 is 1.14 bits per heavy atom. The van der Waals surface area contributed by atoms with Crippen molar-refractivity contribution in [3.63, 3.8) is 0 Å². The van der Waals surface area contributed by atoms with E-state index in [4.69, 9.17) is 0 Å². The molecule has 0 aliphatic heterocycles. The van der Waals surface area contributed by atoms with Gasteiger partial charge in [-0.3, -0.25) is 4.79 Å². The molecular formula is C22H26N4OS. The molecule has 1 unspecified atom stereocenters. The number of carbonyl (C=O) groups is 1. The summed E-state index contributed by atoms with van der Waals surface area (Å²) in [4.78, 5) is 14.6. The van der Waals surface area contributed by atoms with Crippen molar-refractivity contribution in [2.75, 3.05) is 11.9 Å². The molecule has 0 bridgehead atoms. The Labute approximate surface area is 170 Å². The van der Waals surface area contributed by atoms with E-state index in [1.807, 2.05) is 50.4 Å². The summed E-state index contributed by atoms with van der Waals surface area (Å²) in [6.45, 7) is 6.93. The van der Waals surface area contributed by atoms with Gasteiger partial charge in [0.05, 0.1) is 5.25 Å². The molecular weight excluding hydrogens is 368 g/mol. The van der Waals surface area contributed by atoms with E-state index in [9.17, 15) is 4.79 Å². The topological polar surface area (TPSA) is 51.0 Å². The van der Waals surface area contributed by atoms with Gasteiger partial charge < -0.3 is 9.47 Å². The number of hydrogen-bond donors (Lipinski definition) is 0. The number of para-hydroxylation sites is 1. The molecule has 0 aliphatic rings. The van der Waals surface area contributed by atoms with Crippen molar-refractivity contribution in [2.45, 2.75) is 44.1 Å². The summed E-state index contributed by atoms with van der Waals surface area (Å²) in [6.07, 6.45) is 0.969. The Hall–Kier alpha value is -2.60. The standard InChI is InChI=1S/C22H26N4OS/c1-5-14-26-20(18-11-9-10-16(2)15-18)23-24-22(26)28-17(3)21(27)25(4)19-12-7-6-8-13-19/h6-13,15,17H,5,14H2,1-4H3. The van der Waals surface area contributed by atoms with E-state index in [0.717, 1.165) is 35.2 Å². The predicted molar refractivity (Wildman–Crippen MR) is 116 cm³/mol. The highest BCUT2D eigenvalue weighted by atomic mass is 32.2. The van der Waals surface area contributed by atoms with Crippen LogP contribution in [0.15, 0.2) is 59.8 Å². The second-order valence-corrected chi connectivity index (χ2v) is 8.13. The van der Waals surface area contributed by atoms with Gasteiger partial charge in [0.2, 0.25) is 5.91 Å². The first-order valence-corrected chi connectivity index (χ1v) is 10.4. The van der Waals surface area contributed by atoms with E-state index in [1.165, 1.54) is 17.3 Å². The average molecular weight is 395 g/mol. The van der Waals surface area contributed by atoms with Crippen LogP contribution in [0.25, 0.3) is 11.4 Å². The van der Waals surface area contributed by atoms with Gasteiger partial charge in [0.1, 0.15) is 0 Å². The van der Waals surface area contributed by atoms with Gasteiger partial charge in [-0.05, 0) is 38.5 Å². The molecule has 1 atom stereocenters. The average Bonchev–Trinajstić information content (AvgIpc) is 3.10. The van der Waals surface area contributed by atoms with Gasteiger partial charge in [-0.25, -0.2) is 0 Å². The van der Waals surface area contributed by atoms with Crippen molar-refractivity contribution in [3.05, 3.63) is 60.2 Å². The first-order chi connectivity index (χ1) is 13.5. The number of aromatic nitrogens is 3. The zero-order chi connectivity index (χ0) is 20.1. The first-order valence-electron chi connectivity index (χ1n) is 9.50. The third kappa shape index (κ3) is 4.44. The molecule has 0 aliphatic carbocycles. The quantitative estimate of drug-likeness (QED) is 0.540. The van der Waals surface area contributed by atoms with Crippen molar-refractivity contribution in [2.24, 2.45) is 0 Å². The van der Waals surface area contributed by atoms with Crippen molar-refractivity contribution in [1.29, 1.82) is 0 Å². The van der Waals surface area contributed by atoms with Crippen LogP contribution in [0.1, 0.15) is 25.8 Å². The summed E-state index contributed by atoms with van der Waals surface area (Å²) < 4.78 is 2.12. The normalized spacial score (nSPS) is 12.0. The van der Waals surface area contributed by atoms with Crippen molar-refractivity contribution in [3.8, 4) is 11.4 Å². The fraction of sp³-hybridized carbons (Fsp3) is 0.318. The molecule has 3 rings (SSSR count). The van der Waals surface area contributed by atoms with Crippen LogP contribution in [-0.2, 0) is 11.3 Å². The van der Waals surface area contributed by atoms with E-state index in [0.29, 0.717) is 0 Å². The third-order valence-corrected chi connectivity index (χ3v) is 5.61. The monoisotopic (exact) mass is 394 g/mol. The van der Waals surface area contributed by atoms with Crippen LogP contribution in [-0.4, -0.2) is 33.0 Å². The number of amides is 1. The molecule has 0 fully saturated rings. The minimum absolute atomic E-state index is 0.0411. The summed E-state index contributed by atoms with van der Waals surface area (Å²) >= 11 is 1.46. The number of benzene rings is 2. The highest BCUT2D eigenvalue weighted by molar-refractivity contribution is 8.00. The van der Waals surface area contributed by atoms with Gasteiger partial charge in [0.15, 0.2) is 11.0 Å².